The molecule has 0 atom stereocenters. The Hall–Kier alpha value is -1.48. The van der Waals surface area contributed by atoms with Gasteiger partial charge in [-0.2, -0.15) is 26.3 Å². The van der Waals surface area contributed by atoms with Gasteiger partial charge in [0.2, 0.25) is 0 Å². The molecule has 0 bridgehead atoms. The summed E-state index contributed by atoms with van der Waals surface area (Å²) < 4.78 is 74.7. The number of halogens is 6. The van der Waals surface area contributed by atoms with Crippen LogP contribution in [0.1, 0.15) is 5.56 Å². The Labute approximate surface area is 97.2 Å². The van der Waals surface area contributed by atoms with E-state index in [1.165, 1.54) is 0 Å². The molecule has 1 rings (SSSR count). The lowest BCUT2D eigenvalue weighted by molar-refractivity contribution is -0.376. The third kappa shape index (κ3) is 2.23. The van der Waals surface area contributed by atoms with E-state index in [4.69, 9.17) is 10.9 Å². The number of hydrogen-bond acceptors (Lipinski definition) is 3. The van der Waals surface area contributed by atoms with E-state index in [1.807, 2.05) is 5.43 Å². The maximum atomic E-state index is 12.5. The highest BCUT2D eigenvalue weighted by Crippen LogP contribution is 2.49. The second-order valence-corrected chi connectivity index (χ2v) is 3.43. The molecule has 3 nitrogen and oxygen atoms in total. The zero-order valence-corrected chi connectivity index (χ0v) is 8.60. The van der Waals surface area contributed by atoms with Gasteiger partial charge < -0.3 is 10.5 Å². The summed E-state index contributed by atoms with van der Waals surface area (Å²) in [4.78, 5) is 0. The van der Waals surface area contributed by atoms with Crippen LogP contribution in [0.2, 0.25) is 0 Å². The van der Waals surface area contributed by atoms with E-state index in [9.17, 15) is 26.3 Å². The van der Waals surface area contributed by atoms with E-state index in [0.29, 0.717) is 12.1 Å². The number of nitrogens with one attached hydrogen (secondary N) is 1. The molecule has 1 aromatic rings. The minimum atomic E-state index is -5.89. The van der Waals surface area contributed by atoms with Crippen LogP contribution in [0.3, 0.4) is 0 Å². The van der Waals surface area contributed by atoms with Gasteiger partial charge in [-0.1, -0.05) is 12.1 Å². The molecule has 0 spiro atoms. The van der Waals surface area contributed by atoms with Crippen molar-refractivity contribution in [2.24, 2.45) is 5.84 Å². The van der Waals surface area contributed by atoms with Crippen molar-refractivity contribution in [2.75, 3.05) is 5.43 Å². The van der Waals surface area contributed by atoms with Crippen LogP contribution in [0.5, 0.6) is 0 Å². The van der Waals surface area contributed by atoms with Gasteiger partial charge in [0, 0.05) is 11.3 Å². The third-order valence-electron chi connectivity index (χ3n) is 2.29. The number of alkyl halides is 6. The van der Waals surface area contributed by atoms with Crippen molar-refractivity contribution >= 4 is 5.69 Å². The fraction of sp³-hybridized carbons (Fsp3) is 0.333. The molecule has 0 saturated heterocycles. The molecule has 0 aromatic heterocycles. The standard InChI is InChI=1S/C9H8F6N2O/c10-8(11,12)7(18,9(13,14)15)5-1-3-6(17-16)4-2-5/h1-4,17-18H,16H2. The molecule has 0 aliphatic rings. The molecule has 0 saturated carbocycles. The van der Waals surface area contributed by atoms with Gasteiger partial charge in [0.25, 0.3) is 5.60 Å². The van der Waals surface area contributed by atoms with E-state index in [2.05, 4.69) is 0 Å². The lowest BCUT2D eigenvalue weighted by atomic mass is 9.92. The quantitative estimate of drug-likeness (QED) is 0.440. The normalized spacial score (nSPS) is 13.6. The van der Waals surface area contributed by atoms with Gasteiger partial charge in [-0.25, -0.2) is 0 Å². The third-order valence-corrected chi connectivity index (χ3v) is 2.29. The highest BCUT2D eigenvalue weighted by atomic mass is 19.4. The average molecular weight is 274 g/mol. The number of anilines is 1. The molecule has 9 heteroatoms. The monoisotopic (exact) mass is 274 g/mol. The largest absolute Gasteiger partial charge is 0.430 e. The van der Waals surface area contributed by atoms with Crippen LogP contribution in [-0.4, -0.2) is 17.5 Å². The lowest BCUT2D eigenvalue weighted by Crippen LogP contribution is -2.53. The van der Waals surface area contributed by atoms with Crippen LogP contribution < -0.4 is 11.3 Å². The van der Waals surface area contributed by atoms with Crippen molar-refractivity contribution < 1.29 is 31.4 Å². The minimum Gasteiger partial charge on any atom is -0.369 e. The molecule has 0 fully saturated rings. The molecule has 0 unspecified atom stereocenters. The molecule has 0 aliphatic heterocycles. The molecule has 4 N–H and O–H groups in total. The fourth-order valence-electron chi connectivity index (χ4n) is 1.30. The lowest BCUT2D eigenvalue weighted by Gasteiger charge is -2.32. The van der Waals surface area contributed by atoms with Crippen LogP contribution in [0.15, 0.2) is 24.3 Å². The topological polar surface area (TPSA) is 58.3 Å². The van der Waals surface area contributed by atoms with Crippen molar-refractivity contribution in [3.8, 4) is 0 Å². The summed E-state index contributed by atoms with van der Waals surface area (Å²) in [5.74, 6) is 4.92. The van der Waals surface area contributed by atoms with Gasteiger partial charge in [0.1, 0.15) is 0 Å². The summed E-state index contributed by atoms with van der Waals surface area (Å²) >= 11 is 0. The zero-order chi connectivity index (χ0) is 14.2. The second-order valence-electron chi connectivity index (χ2n) is 3.43. The Bertz CT molecular complexity index is 397. The molecular formula is C9H8F6N2O. The summed E-state index contributed by atoms with van der Waals surface area (Å²) in [7, 11) is 0. The van der Waals surface area contributed by atoms with Gasteiger partial charge in [-0.15, -0.1) is 0 Å². The van der Waals surface area contributed by atoms with Gasteiger partial charge in [-0.05, 0) is 12.1 Å². The van der Waals surface area contributed by atoms with Crippen LogP contribution in [-0.2, 0) is 5.60 Å². The van der Waals surface area contributed by atoms with Gasteiger partial charge >= 0.3 is 12.4 Å². The Morgan fingerprint density at radius 2 is 1.28 bits per heavy atom. The van der Waals surface area contributed by atoms with Gasteiger partial charge in [0.15, 0.2) is 0 Å². The van der Waals surface area contributed by atoms with Crippen molar-refractivity contribution in [1.29, 1.82) is 0 Å². The predicted octanol–water partition coefficient (Wildman–Crippen LogP) is 2.28. The number of rotatable bonds is 2. The molecule has 102 valence electrons. The summed E-state index contributed by atoms with van der Waals surface area (Å²) in [6.07, 6.45) is -11.8. The first-order valence-electron chi connectivity index (χ1n) is 4.47. The van der Waals surface area contributed by atoms with Crippen LogP contribution >= 0.6 is 0 Å². The first-order valence-corrected chi connectivity index (χ1v) is 4.47. The molecule has 0 aliphatic carbocycles. The summed E-state index contributed by atoms with van der Waals surface area (Å²) in [5, 5.41) is 9.02. The number of nitrogen functional groups attached to an aromatic ring is 1. The van der Waals surface area contributed by atoms with Crippen molar-refractivity contribution in [1.82, 2.24) is 0 Å². The van der Waals surface area contributed by atoms with Gasteiger partial charge in [-0.3, -0.25) is 5.84 Å². The van der Waals surface area contributed by atoms with Crippen molar-refractivity contribution in [3.63, 3.8) is 0 Å². The highest BCUT2D eigenvalue weighted by Gasteiger charge is 2.71. The summed E-state index contributed by atoms with van der Waals surface area (Å²) in [6.45, 7) is 0. The highest BCUT2D eigenvalue weighted by molar-refractivity contribution is 5.45. The minimum absolute atomic E-state index is 0.102. The van der Waals surface area contributed by atoms with Crippen LogP contribution in [0.4, 0.5) is 32.0 Å². The number of hydrazine groups is 1. The number of benzene rings is 1. The van der Waals surface area contributed by atoms with Crippen LogP contribution in [0.25, 0.3) is 0 Å². The molecule has 0 radical (unpaired) electrons. The van der Waals surface area contributed by atoms with E-state index >= 15 is 0 Å². The second kappa shape index (κ2) is 4.32. The molecule has 0 amide bonds. The molecular weight excluding hydrogens is 266 g/mol. The fourth-order valence-corrected chi connectivity index (χ4v) is 1.30. The average Bonchev–Trinajstić information content (AvgIpc) is 2.25. The first-order chi connectivity index (χ1) is 8.04. The van der Waals surface area contributed by atoms with Gasteiger partial charge in [0.05, 0.1) is 0 Å². The maximum Gasteiger partial charge on any atom is 0.430 e. The summed E-state index contributed by atoms with van der Waals surface area (Å²) in [5.41, 5.74) is -4.10. The Morgan fingerprint density at radius 1 is 0.889 bits per heavy atom. The van der Waals surface area contributed by atoms with E-state index in [0.717, 1.165) is 12.1 Å². The summed E-state index contributed by atoms with van der Waals surface area (Å²) in [6, 6.07) is 2.77. The van der Waals surface area contributed by atoms with Crippen molar-refractivity contribution in [3.05, 3.63) is 29.8 Å². The SMILES string of the molecule is NNc1ccc(C(O)(C(F)(F)F)C(F)(F)F)cc1. The molecule has 1 aromatic carbocycles. The Balaban J connectivity index is 3.36. The zero-order valence-electron chi connectivity index (χ0n) is 8.60. The smallest absolute Gasteiger partial charge is 0.369 e. The first kappa shape index (κ1) is 14.6. The Kier molecular flexibility index (Phi) is 3.50. The number of hydrogen-bond donors (Lipinski definition) is 3. The molecule has 18 heavy (non-hydrogen) atoms. The molecule has 0 heterocycles. The van der Waals surface area contributed by atoms with E-state index < -0.39 is 23.5 Å². The van der Waals surface area contributed by atoms with Crippen molar-refractivity contribution in [2.45, 2.75) is 18.0 Å². The number of nitrogens with two attached hydrogens (primary N) is 1. The number of aliphatic hydroxyl groups is 1. The van der Waals surface area contributed by atoms with E-state index in [1.54, 1.807) is 0 Å². The predicted molar refractivity (Wildman–Crippen MR) is 50.3 cm³/mol. The maximum absolute atomic E-state index is 12.5. The van der Waals surface area contributed by atoms with E-state index in [-0.39, 0.29) is 5.69 Å². The van der Waals surface area contributed by atoms with Crippen LogP contribution in [0, 0.1) is 0 Å². The Morgan fingerprint density at radius 3 is 1.56 bits per heavy atom.